The predicted molar refractivity (Wildman–Crippen MR) is 65.3 cm³/mol. The van der Waals surface area contributed by atoms with E-state index in [0.717, 1.165) is 10.0 Å². The van der Waals surface area contributed by atoms with Gasteiger partial charge in [0.15, 0.2) is 0 Å². The van der Waals surface area contributed by atoms with E-state index < -0.39 is 0 Å². The Labute approximate surface area is 102 Å². The van der Waals surface area contributed by atoms with E-state index >= 15 is 0 Å². The van der Waals surface area contributed by atoms with Crippen molar-refractivity contribution in [2.45, 2.75) is 13.5 Å². The number of hydrazone groups is 1. The summed E-state index contributed by atoms with van der Waals surface area (Å²) in [5.74, 6) is 11.7. The second-order valence-corrected chi connectivity index (χ2v) is 4.38. The summed E-state index contributed by atoms with van der Waals surface area (Å²) < 4.78 is 2.48. The zero-order chi connectivity index (χ0) is 11.4. The molecule has 6 heteroatoms. The number of rotatable bonds is 2. The summed E-state index contributed by atoms with van der Waals surface area (Å²) in [6.07, 6.45) is 0. The Balaban J connectivity index is 2.94. The number of amidine groups is 1. The van der Waals surface area contributed by atoms with Gasteiger partial charge in [0.05, 0.1) is 0 Å². The first-order valence-corrected chi connectivity index (χ1v) is 5.48. The van der Waals surface area contributed by atoms with Gasteiger partial charge < -0.3 is 0 Å². The van der Waals surface area contributed by atoms with Gasteiger partial charge >= 0.3 is 0 Å². The van der Waals surface area contributed by atoms with Gasteiger partial charge in [0.1, 0.15) is 6.54 Å². The van der Waals surface area contributed by atoms with E-state index in [9.17, 15) is 0 Å². The summed E-state index contributed by atoms with van der Waals surface area (Å²) in [5, 5.41) is 0.681. The summed E-state index contributed by atoms with van der Waals surface area (Å²) in [5.41, 5.74) is 3.49. The predicted octanol–water partition coefficient (Wildman–Crippen LogP) is 1.37. The van der Waals surface area contributed by atoms with Gasteiger partial charge in [-0.3, -0.25) is 5.84 Å². The molecule has 1 aromatic rings. The topological polar surface area (TPSA) is 67.1 Å². The standard InChI is InChI=1S/C9H12BrClN4/c1-6(14-12)15(13)5-7-4-8(11)2-3-9(7)10/h2-4H,5,12-13H2,1H3/p+1. The molecular weight excluding hydrogens is 279 g/mol. The van der Waals surface area contributed by atoms with Crippen molar-refractivity contribution in [2.24, 2.45) is 11.7 Å². The third-order valence-corrected chi connectivity index (χ3v) is 3.00. The van der Waals surface area contributed by atoms with Crippen LogP contribution in [0.15, 0.2) is 22.7 Å². The molecule has 1 aromatic carbocycles. The number of halogens is 2. The van der Waals surface area contributed by atoms with Crippen molar-refractivity contribution in [3.05, 3.63) is 33.3 Å². The lowest BCUT2D eigenvalue weighted by molar-refractivity contribution is -0.558. The van der Waals surface area contributed by atoms with E-state index in [1.807, 2.05) is 18.2 Å². The lowest BCUT2D eigenvalue weighted by atomic mass is 10.2. The minimum absolute atomic E-state index is 0.525. The van der Waals surface area contributed by atoms with Crippen LogP contribution in [0.25, 0.3) is 0 Å². The highest BCUT2D eigenvalue weighted by Gasteiger charge is 2.07. The summed E-state index contributed by atoms with van der Waals surface area (Å²) in [6, 6.07) is 5.56. The largest absolute Gasteiger partial charge is 0.282 e. The minimum Gasteiger partial charge on any atom is -0.273 e. The molecule has 0 aliphatic rings. The quantitative estimate of drug-likeness (QED) is 0.254. The van der Waals surface area contributed by atoms with Gasteiger partial charge in [0, 0.05) is 22.0 Å². The van der Waals surface area contributed by atoms with Crippen molar-refractivity contribution in [1.82, 2.24) is 5.43 Å². The summed E-state index contributed by atoms with van der Waals surface area (Å²) >= 11 is 9.31. The van der Waals surface area contributed by atoms with Crippen LogP contribution < -0.4 is 17.1 Å². The van der Waals surface area contributed by atoms with Crippen LogP contribution in [-0.2, 0) is 6.54 Å². The molecule has 0 aliphatic carbocycles. The lowest BCUT2D eigenvalue weighted by Gasteiger charge is -2.06. The molecule has 15 heavy (non-hydrogen) atoms. The molecule has 0 saturated heterocycles. The van der Waals surface area contributed by atoms with Gasteiger partial charge in [0.25, 0.3) is 5.84 Å². The molecule has 0 bridgehead atoms. The molecule has 0 spiro atoms. The van der Waals surface area contributed by atoms with Crippen LogP contribution in [0.3, 0.4) is 0 Å². The van der Waals surface area contributed by atoms with Crippen LogP contribution in [0.1, 0.15) is 12.5 Å². The fourth-order valence-electron chi connectivity index (χ4n) is 1.05. The van der Waals surface area contributed by atoms with Crippen LogP contribution in [0.5, 0.6) is 0 Å². The Kier molecular flexibility index (Phi) is 4.38. The first-order chi connectivity index (χ1) is 7.04. The number of hydrogen-bond acceptors (Lipinski definition) is 2. The zero-order valence-electron chi connectivity index (χ0n) is 8.30. The Bertz CT molecular complexity index is 392. The number of benzene rings is 1. The second-order valence-electron chi connectivity index (χ2n) is 3.09. The lowest BCUT2D eigenvalue weighted by Crippen LogP contribution is -2.39. The molecule has 5 N–H and O–H groups in total. The van der Waals surface area contributed by atoms with Crippen LogP contribution in [0.2, 0.25) is 5.02 Å². The maximum Gasteiger partial charge on any atom is 0.282 e. The normalized spacial score (nSPS) is 12.3. The fraction of sp³-hybridized carbons (Fsp3) is 0.222. The Morgan fingerprint density at radius 3 is 2.87 bits per heavy atom. The van der Waals surface area contributed by atoms with Gasteiger partial charge in [-0.1, -0.05) is 27.5 Å². The third-order valence-electron chi connectivity index (χ3n) is 1.99. The van der Waals surface area contributed by atoms with Crippen molar-refractivity contribution >= 4 is 33.4 Å². The SMILES string of the molecule is C/C(NN)=[N+](/N)Cc1cc(Cl)ccc1Br. The van der Waals surface area contributed by atoms with Crippen LogP contribution in [0.4, 0.5) is 0 Å². The van der Waals surface area contributed by atoms with Crippen molar-refractivity contribution in [3.8, 4) is 0 Å². The van der Waals surface area contributed by atoms with Gasteiger partial charge in [-0.25, -0.2) is 5.43 Å². The Morgan fingerprint density at radius 2 is 2.27 bits per heavy atom. The van der Waals surface area contributed by atoms with E-state index in [0.29, 0.717) is 17.4 Å². The number of nitrogens with two attached hydrogens (primary N) is 2. The number of nitrogens with zero attached hydrogens (tertiary/aromatic N) is 1. The zero-order valence-corrected chi connectivity index (χ0v) is 10.6. The molecule has 0 saturated carbocycles. The molecule has 0 aliphatic heterocycles. The number of hydrazine groups is 2. The van der Waals surface area contributed by atoms with Gasteiger partial charge in [-0.05, 0) is 18.2 Å². The first kappa shape index (κ1) is 12.3. The van der Waals surface area contributed by atoms with Gasteiger partial charge in [-0.2, -0.15) is 10.5 Å². The molecular formula is C9H13BrClN4+. The molecule has 4 nitrogen and oxygen atoms in total. The fourth-order valence-corrected chi connectivity index (χ4v) is 1.62. The molecule has 0 aromatic heterocycles. The van der Waals surface area contributed by atoms with Crippen LogP contribution in [0, 0.1) is 0 Å². The highest BCUT2D eigenvalue weighted by atomic mass is 79.9. The second kappa shape index (κ2) is 5.34. The van der Waals surface area contributed by atoms with E-state index in [-0.39, 0.29) is 0 Å². The molecule has 0 atom stereocenters. The Morgan fingerprint density at radius 1 is 1.60 bits per heavy atom. The van der Waals surface area contributed by atoms with Gasteiger partial charge in [0.2, 0.25) is 0 Å². The number of hydrogen-bond donors (Lipinski definition) is 3. The van der Waals surface area contributed by atoms with Gasteiger partial charge in [-0.15, -0.1) is 0 Å². The highest BCUT2D eigenvalue weighted by molar-refractivity contribution is 9.10. The van der Waals surface area contributed by atoms with Crippen molar-refractivity contribution in [2.75, 3.05) is 0 Å². The maximum absolute atomic E-state index is 5.89. The minimum atomic E-state index is 0.525. The van der Waals surface area contributed by atoms with E-state index in [4.69, 9.17) is 23.3 Å². The van der Waals surface area contributed by atoms with Crippen molar-refractivity contribution in [1.29, 1.82) is 0 Å². The van der Waals surface area contributed by atoms with Crippen molar-refractivity contribution < 1.29 is 4.68 Å². The number of nitrogens with one attached hydrogen (secondary N) is 1. The van der Waals surface area contributed by atoms with E-state index in [1.54, 1.807) is 6.92 Å². The summed E-state index contributed by atoms with van der Waals surface area (Å²) in [6.45, 7) is 2.32. The third kappa shape index (κ3) is 3.37. The monoisotopic (exact) mass is 291 g/mol. The van der Waals surface area contributed by atoms with Crippen LogP contribution in [-0.4, -0.2) is 10.5 Å². The van der Waals surface area contributed by atoms with Crippen LogP contribution >= 0.6 is 27.5 Å². The molecule has 0 radical (unpaired) electrons. The molecule has 0 fully saturated rings. The van der Waals surface area contributed by atoms with E-state index in [1.165, 1.54) is 4.68 Å². The maximum atomic E-state index is 5.89. The van der Waals surface area contributed by atoms with Crippen molar-refractivity contribution in [3.63, 3.8) is 0 Å². The molecule has 0 amide bonds. The molecule has 82 valence electrons. The molecule has 1 rings (SSSR count). The molecule has 0 unspecified atom stereocenters. The molecule has 0 heterocycles. The summed E-state index contributed by atoms with van der Waals surface area (Å²) in [4.78, 5) is 0. The average Bonchev–Trinajstić information content (AvgIpc) is 2.22. The Hall–Kier alpha value is -0.780. The van der Waals surface area contributed by atoms with E-state index in [2.05, 4.69) is 21.4 Å². The summed E-state index contributed by atoms with van der Waals surface area (Å²) in [7, 11) is 0. The average molecular weight is 293 g/mol. The smallest absolute Gasteiger partial charge is 0.273 e. The first-order valence-electron chi connectivity index (χ1n) is 4.31. The highest BCUT2D eigenvalue weighted by Crippen LogP contribution is 2.21.